The van der Waals surface area contributed by atoms with E-state index in [1.165, 1.54) is 11.3 Å². The maximum absolute atomic E-state index is 11.8. The molecule has 3 nitrogen and oxygen atoms in total. The first-order valence-electron chi connectivity index (χ1n) is 4.49. The molecular weight excluding hydrogens is 276 g/mol. The fraction of sp³-hybridized carbons (Fsp3) is 0.400. The first-order chi connectivity index (χ1) is 7.02. The number of nitriles is 1. The number of amides is 1. The Labute approximate surface area is 101 Å². The Balaban J connectivity index is 2.82. The lowest BCUT2D eigenvalue weighted by Crippen LogP contribution is -2.44. The van der Waals surface area contributed by atoms with Gasteiger partial charge in [-0.3, -0.25) is 4.79 Å². The second kappa shape index (κ2) is 4.77. The van der Waals surface area contributed by atoms with E-state index in [0.29, 0.717) is 11.3 Å². The van der Waals surface area contributed by atoms with Crippen LogP contribution in [-0.4, -0.2) is 11.4 Å². The van der Waals surface area contributed by atoms with E-state index < -0.39 is 5.54 Å². The minimum atomic E-state index is -0.791. The van der Waals surface area contributed by atoms with Crippen LogP contribution in [0.25, 0.3) is 0 Å². The molecule has 0 radical (unpaired) electrons. The highest BCUT2D eigenvalue weighted by Gasteiger charge is 2.25. The number of thiophene rings is 1. The molecule has 0 bridgehead atoms. The van der Waals surface area contributed by atoms with Crippen molar-refractivity contribution in [3.8, 4) is 6.07 Å². The van der Waals surface area contributed by atoms with Crippen LogP contribution in [0.2, 0.25) is 0 Å². The van der Waals surface area contributed by atoms with Crippen molar-refractivity contribution in [1.29, 1.82) is 5.26 Å². The van der Waals surface area contributed by atoms with E-state index >= 15 is 0 Å². The molecule has 0 fully saturated rings. The highest BCUT2D eigenvalue weighted by molar-refractivity contribution is 9.10. The van der Waals surface area contributed by atoms with Gasteiger partial charge in [0.05, 0.1) is 6.07 Å². The molecular formula is C10H11BrN2OS. The summed E-state index contributed by atoms with van der Waals surface area (Å²) in [6.07, 6.45) is 0.582. The van der Waals surface area contributed by atoms with Crippen LogP contribution < -0.4 is 5.32 Å². The van der Waals surface area contributed by atoms with Crippen LogP contribution in [-0.2, 0) is 0 Å². The topological polar surface area (TPSA) is 52.9 Å². The van der Waals surface area contributed by atoms with Gasteiger partial charge in [-0.25, -0.2) is 0 Å². The molecule has 1 aromatic rings. The van der Waals surface area contributed by atoms with Gasteiger partial charge in [-0.15, -0.1) is 11.3 Å². The standard InChI is InChI=1S/C10H11BrN2OS/c1-3-10(2,6-12)13-9(14)8-7(11)4-5-15-8/h4-5H,3H2,1-2H3,(H,13,14). The predicted molar refractivity (Wildman–Crippen MR) is 63.8 cm³/mol. The summed E-state index contributed by atoms with van der Waals surface area (Å²) >= 11 is 4.64. The van der Waals surface area contributed by atoms with Crippen LogP contribution >= 0.6 is 27.3 Å². The zero-order valence-corrected chi connectivity index (χ0v) is 10.9. The fourth-order valence-corrected chi connectivity index (χ4v) is 2.40. The molecule has 80 valence electrons. The van der Waals surface area contributed by atoms with Crippen molar-refractivity contribution in [2.75, 3.05) is 0 Å². The summed E-state index contributed by atoms with van der Waals surface area (Å²) in [5, 5.41) is 13.5. The van der Waals surface area contributed by atoms with Crippen LogP contribution in [0.1, 0.15) is 29.9 Å². The van der Waals surface area contributed by atoms with Gasteiger partial charge < -0.3 is 5.32 Å². The summed E-state index contributed by atoms with van der Waals surface area (Å²) in [5.41, 5.74) is -0.791. The number of nitrogens with zero attached hydrogens (tertiary/aromatic N) is 1. The molecule has 1 atom stereocenters. The SMILES string of the molecule is CCC(C)(C#N)NC(=O)c1sccc1Br. The molecule has 0 aliphatic carbocycles. The van der Waals surface area contributed by atoms with Crippen molar-refractivity contribution >= 4 is 33.2 Å². The largest absolute Gasteiger partial charge is 0.333 e. The highest BCUT2D eigenvalue weighted by Crippen LogP contribution is 2.23. The molecule has 1 rings (SSSR count). The van der Waals surface area contributed by atoms with E-state index in [-0.39, 0.29) is 5.91 Å². The highest BCUT2D eigenvalue weighted by atomic mass is 79.9. The second-order valence-corrected chi connectivity index (χ2v) is 5.12. The second-order valence-electron chi connectivity index (χ2n) is 3.35. The maximum atomic E-state index is 11.8. The van der Waals surface area contributed by atoms with E-state index in [0.717, 1.165) is 4.47 Å². The molecule has 0 saturated heterocycles. The smallest absolute Gasteiger partial charge is 0.263 e. The number of hydrogen-bond acceptors (Lipinski definition) is 3. The van der Waals surface area contributed by atoms with Gasteiger partial charge >= 0.3 is 0 Å². The maximum Gasteiger partial charge on any atom is 0.263 e. The number of rotatable bonds is 3. The summed E-state index contributed by atoms with van der Waals surface area (Å²) in [6, 6.07) is 3.91. The van der Waals surface area contributed by atoms with Gasteiger partial charge in [0.2, 0.25) is 0 Å². The molecule has 1 N–H and O–H groups in total. The predicted octanol–water partition coefficient (Wildman–Crippen LogP) is 2.93. The number of carbonyl (C=O) groups excluding carboxylic acids is 1. The van der Waals surface area contributed by atoms with E-state index in [1.807, 2.05) is 18.4 Å². The van der Waals surface area contributed by atoms with Crippen LogP contribution in [0.3, 0.4) is 0 Å². The summed E-state index contributed by atoms with van der Waals surface area (Å²) in [4.78, 5) is 12.4. The third-order valence-electron chi connectivity index (χ3n) is 2.17. The van der Waals surface area contributed by atoms with E-state index in [2.05, 4.69) is 27.3 Å². The molecule has 5 heteroatoms. The Morgan fingerprint density at radius 3 is 2.87 bits per heavy atom. The molecule has 0 saturated carbocycles. The average Bonchev–Trinajstić information content (AvgIpc) is 2.64. The van der Waals surface area contributed by atoms with Gasteiger partial charge in [-0.2, -0.15) is 5.26 Å². The Kier molecular flexibility index (Phi) is 3.89. The van der Waals surface area contributed by atoms with Crippen LogP contribution in [0, 0.1) is 11.3 Å². The molecule has 15 heavy (non-hydrogen) atoms. The quantitative estimate of drug-likeness (QED) is 0.929. The lowest BCUT2D eigenvalue weighted by Gasteiger charge is -2.20. The molecule has 1 amide bonds. The van der Waals surface area contributed by atoms with Crippen LogP contribution in [0.4, 0.5) is 0 Å². The number of hydrogen-bond donors (Lipinski definition) is 1. The van der Waals surface area contributed by atoms with Gasteiger partial charge in [0.15, 0.2) is 0 Å². The molecule has 1 unspecified atom stereocenters. The van der Waals surface area contributed by atoms with E-state index in [9.17, 15) is 4.79 Å². The van der Waals surface area contributed by atoms with E-state index in [4.69, 9.17) is 5.26 Å². The summed E-state index contributed by atoms with van der Waals surface area (Å²) < 4.78 is 0.765. The summed E-state index contributed by atoms with van der Waals surface area (Å²) in [7, 11) is 0. The van der Waals surface area contributed by atoms with Crippen molar-refractivity contribution in [2.24, 2.45) is 0 Å². The Hall–Kier alpha value is -0.860. The minimum Gasteiger partial charge on any atom is -0.333 e. The third kappa shape index (κ3) is 2.80. The lowest BCUT2D eigenvalue weighted by molar-refractivity contribution is 0.0926. The normalized spacial score (nSPS) is 14.0. The van der Waals surface area contributed by atoms with Crippen molar-refractivity contribution in [3.05, 3.63) is 20.8 Å². The van der Waals surface area contributed by atoms with Crippen LogP contribution in [0.5, 0.6) is 0 Å². The molecule has 1 heterocycles. The first-order valence-corrected chi connectivity index (χ1v) is 6.16. The van der Waals surface area contributed by atoms with Crippen molar-refractivity contribution in [1.82, 2.24) is 5.32 Å². The number of halogens is 1. The molecule has 1 aromatic heterocycles. The first kappa shape index (κ1) is 12.2. The van der Waals surface area contributed by atoms with E-state index in [1.54, 1.807) is 6.92 Å². The fourth-order valence-electron chi connectivity index (χ4n) is 0.958. The summed E-state index contributed by atoms with van der Waals surface area (Å²) in [5.74, 6) is -0.206. The Morgan fingerprint density at radius 1 is 1.80 bits per heavy atom. The van der Waals surface area contributed by atoms with Gasteiger partial charge in [-0.1, -0.05) is 6.92 Å². The zero-order chi connectivity index (χ0) is 11.5. The van der Waals surface area contributed by atoms with Gasteiger partial charge in [0.25, 0.3) is 5.91 Å². The lowest BCUT2D eigenvalue weighted by atomic mass is 10.0. The zero-order valence-electron chi connectivity index (χ0n) is 8.50. The van der Waals surface area contributed by atoms with Gasteiger partial charge in [0.1, 0.15) is 10.4 Å². The Bertz CT molecular complexity index is 410. The summed E-state index contributed by atoms with van der Waals surface area (Å²) in [6.45, 7) is 3.58. The third-order valence-corrected chi connectivity index (χ3v) is 4.00. The number of nitrogens with one attached hydrogen (secondary N) is 1. The van der Waals surface area contributed by atoms with Gasteiger partial charge in [0, 0.05) is 4.47 Å². The molecule has 0 spiro atoms. The number of carbonyl (C=O) groups is 1. The molecule has 0 aromatic carbocycles. The molecule has 0 aliphatic rings. The molecule has 0 aliphatic heterocycles. The minimum absolute atomic E-state index is 0.206. The van der Waals surface area contributed by atoms with Crippen molar-refractivity contribution in [2.45, 2.75) is 25.8 Å². The monoisotopic (exact) mass is 286 g/mol. The van der Waals surface area contributed by atoms with Crippen molar-refractivity contribution < 1.29 is 4.79 Å². The average molecular weight is 287 g/mol. The van der Waals surface area contributed by atoms with Crippen molar-refractivity contribution in [3.63, 3.8) is 0 Å². The Morgan fingerprint density at radius 2 is 2.47 bits per heavy atom. The van der Waals surface area contributed by atoms with Crippen LogP contribution in [0.15, 0.2) is 15.9 Å². The van der Waals surface area contributed by atoms with Gasteiger partial charge in [-0.05, 0) is 40.7 Å².